The number of nitrogens with zero attached hydrogens (tertiary/aromatic N) is 7. The maximum atomic E-state index is 5.51. The maximum absolute atomic E-state index is 5.51. The van der Waals surface area contributed by atoms with Crippen molar-refractivity contribution in [2.45, 2.75) is 0 Å². The molecular formula is C25H24N8O. The molecule has 0 radical (unpaired) electrons. The summed E-state index contributed by atoms with van der Waals surface area (Å²) >= 11 is 0. The van der Waals surface area contributed by atoms with Crippen LogP contribution in [0, 0.1) is 0 Å². The highest BCUT2D eigenvalue weighted by Crippen LogP contribution is 2.33. The van der Waals surface area contributed by atoms with Crippen LogP contribution in [0.15, 0.2) is 90.3 Å². The van der Waals surface area contributed by atoms with Gasteiger partial charge in [0, 0.05) is 36.9 Å². The van der Waals surface area contributed by atoms with Gasteiger partial charge in [-0.15, -0.1) is 0 Å². The summed E-state index contributed by atoms with van der Waals surface area (Å²) in [6, 6.07) is 23.8. The van der Waals surface area contributed by atoms with E-state index in [9.17, 15) is 0 Å². The summed E-state index contributed by atoms with van der Waals surface area (Å²) in [4.78, 5) is 22.3. The molecule has 0 aliphatic carbocycles. The van der Waals surface area contributed by atoms with Crippen LogP contribution in [0.3, 0.4) is 0 Å². The predicted molar refractivity (Wildman–Crippen MR) is 133 cm³/mol. The zero-order chi connectivity index (χ0) is 23.0. The van der Waals surface area contributed by atoms with Crippen molar-refractivity contribution in [2.75, 3.05) is 41.5 Å². The lowest BCUT2D eigenvalue weighted by Gasteiger charge is -2.28. The van der Waals surface area contributed by atoms with Crippen LogP contribution in [0.1, 0.15) is 5.56 Å². The second kappa shape index (κ2) is 10.5. The van der Waals surface area contributed by atoms with Crippen LogP contribution < -0.4 is 15.2 Å². The number of benzene rings is 2. The predicted octanol–water partition coefficient (Wildman–Crippen LogP) is 4.02. The number of pyridine rings is 1. The number of para-hydroxylation sites is 2. The van der Waals surface area contributed by atoms with E-state index in [1.807, 2.05) is 77.7 Å². The first-order valence-corrected chi connectivity index (χ1v) is 11.0. The van der Waals surface area contributed by atoms with E-state index in [1.165, 1.54) is 0 Å². The Morgan fingerprint density at radius 2 is 1.47 bits per heavy atom. The normalized spacial score (nSPS) is 13.7. The number of rotatable bonds is 7. The molecule has 34 heavy (non-hydrogen) atoms. The zero-order valence-electron chi connectivity index (χ0n) is 18.5. The summed E-state index contributed by atoms with van der Waals surface area (Å²) in [7, 11) is 0. The van der Waals surface area contributed by atoms with Gasteiger partial charge < -0.3 is 9.64 Å². The molecule has 9 nitrogen and oxygen atoms in total. The van der Waals surface area contributed by atoms with Crippen molar-refractivity contribution in [1.29, 1.82) is 0 Å². The van der Waals surface area contributed by atoms with Gasteiger partial charge in [0.05, 0.1) is 19.4 Å². The minimum Gasteiger partial charge on any atom is -0.378 e. The van der Waals surface area contributed by atoms with Gasteiger partial charge in [-0.05, 0) is 42.0 Å². The fourth-order valence-electron chi connectivity index (χ4n) is 3.56. The van der Waals surface area contributed by atoms with Gasteiger partial charge in [-0.3, -0.25) is 9.88 Å². The lowest BCUT2D eigenvalue weighted by atomic mass is 10.2. The largest absolute Gasteiger partial charge is 0.378 e. The van der Waals surface area contributed by atoms with Crippen LogP contribution in [0.2, 0.25) is 0 Å². The molecule has 0 bridgehead atoms. The first-order chi connectivity index (χ1) is 16.9. The molecule has 2 aromatic carbocycles. The third kappa shape index (κ3) is 5.16. The van der Waals surface area contributed by atoms with Gasteiger partial charge >= 0.3 is 0 Å². The summed E-state index contributed by atoms with van der Waals surface area (Å²) in [5.41, 5.74) is 5.78. The molecular weight excluding hydrogens is 428 g/mol. The highest BCUT2D eigenvalue weighted by Gasteiger charge is 2.21. The lowest BCUT2D eigenvalue weighted by Crippen LogP contribution is -2.37. The molecule has 5 rings (SSSR count). The van der Waals surface area contributed by atoms with Crippen molar-refractivity contribution in [1.82, 2.24) is 19.9 Å². The summed E-state index contributed by atoms with van der Waals surface area (Å²) < 4.78 is 5.51. The smallest absolute Gasteiger partial charge is 0.250 e. The van der Waals surface area contributed by atoms with Gasteiger partial charge in [0.2, 0.25) is 17.8 Å². The number of nitrogens with one attached hydrogen (secondary N) is 1. The Labute approximate surface area is 197 Å². The summed E-state index contributed by atoms with van der Waals surface area (Å²) in [5, 5.41) is 4.33. The van der Waals surface area contributed by atoms with Crippen LogP contribution in [0.5, 0.6) is 0 Å². The molecule has 0 atom stereocenters. The fourth-order valence-corrected chi connectivity index (χ4v) is 3.56. The van der Waals surface area contributed by atoms with Gasteiger partial charge in [-0.25, -0.2) is 5.43 Å². The lowest BCUT2D eigenvalue weighted by molar-refractivity contribution is 0.122. The summed E-state index contributed by atoms with van der Waals surface area (Å²) in [6.07, 6.45) is 5.14. The van der Waals surface area contributed by atoms with Gasteiger partial charge in [0.15, 0.2) is 0 Å². The number of aromatic nitrogens is 4. The molecule has 2 aromatic heterocycles. The molecule has 0 spiro atoms. The topological polar surface area (TPSA) is 91.7 Å². The molecule has 1 fully saturated rings. The standard InChI is InChI=1S/C25H24N8O/c1-3-7-21(8-4-1)33(22-9-5-2-6-10-22)25-29-23(31-27-19-20-11-13-26-14-12-20)28-24(30-25)32-15-17-34-18-16-32/h1-14,19H,15-18H2,(H,28,29,30,31). The van der Waals surface area contributed by atoms with E-state index in [0.29, 0.717) is 44.1 Å². The quantitative estimate of drug-likeness (QED) is 0.332. The van der Waals surface area contributed by atoms with Crippen LogP contribution in [-0.4, -0.2) is 52.5 Å². The molecule has 4 aromatic rings. The van der Waals surface area contributed by atoms with Crippen LogP contribution in [-0.2, 0) is 4.74 Å². The number of ether oxygens (including phenoxy) is 1. The Balaban J connectivity index is 1.55. The van der Waals surface area contributed by atoms with Gasteiger partial charge in [-0.2, -0.15) is 20.1 Å². The van der Waals surface area contributed by atoms with Crippen LogP contribution in [0.25, 0.3) is 0 Å². The molecule has 1 aliphatic heterocycles. The number of hydrazone groups is 1. The Bertz CT molecular complexity index is 1180. The number of hydrogen-bond acceptors (Lipinski definition) is 9. The molecule has 3 heterocycles. The van der Waals surface area contributed by atoms with Crippen molar-refractivity contribution in [2.24, 2.45) is 5.10 Å². The fraction of sp³-hybridized carbons (Fsp3) is 0.160. The van der Waals surface area contributed by atoms with Crippen molar-refractivity contribution in [3.63, 3.8) is 0 Å². The first kappa shape index (κ1) is 21.5. The third-order valence-corrected chi connectivity index (χ3v) is 5.22. The highest BCUT2D eigenvalue weighted by atomic mass is 16.5. The van der Waals surface area contributed by atoms with Crippen molar-refractivity contribution >= 4 is 35.4 Å². The molecule has 170 valence electrons. The Kier molecular flexibility index (Phi) is 6.63. The molecule has 0 amide bonds. The molecule has 1 saturated heterocycles. The van der Waals surface area contributed by atoms with E-state index in [1.54, 1.807) is 18.6 Å². The summed E-state index contributed by atoms with van der Waals surface area (Å²) in [5.74, 6) is 1.43. The second-order valence-corrected chi connectivity index (χ2v) is 7.52. The van der Waals surface area contributed by atoms with E-state index in [0.717, 1.165) is 16.9 Å². The SMILES string of the molecule is C(=NNc1nc(N2CCOCC2)nc(N(c2ccccc2)c2ccccc2)n1)c1ccncc1. The Hall–Kier alpha value is -4.37. The van der Waals surface area contributed by atoms with Gasteiger partial charge in [-0.1, -0.05) is 36.4 Å². The van der Waals surface area contributed by atoms with E-state index in [4.69, 9.17) is 14.7 Å². The van der Waals surface area contributed by atoms with Crippen molar-refractivity contribution in [3.05, 3.63) is 90.8 Å². The summed E-state index contributed by atoms with van der Waals surface area (Å²) in [6.45, 7) is 2.68. The Morgan fingerprint density at radius 1 is 0.824 bits per heavy atom. The zero-order valence-corrected chi connectivity index (χ0v) is 18.5. The average molecular weight is 453 g/mol. The number of anilines is 5. The van der Waals surface area contributed by atoms with E-state index >= 15 is 0 Å². The van der Waals surface area contributed by atoms with E-state index in [-0.39, 0.29) is 0 Å². The molecule has 0 saturated carbocycles. The van der Waals surface area contributed by atoms with Gasteiger partial charge in [0.1, 0.15) is 0 Å². The molecule has 1 N–H and O–H groups in total. The molecule has 0 unspecified atom stereocenters. The van der Waals surface area contributed by atoms with E-state index in [2.05, 4.69) is 25.4 Å². The van der Waals surface area contributed by atoms with E-state index < -0.39 is 0 Å². The monoisotopic (exact) mass is 452 g/mol. The first-order valence-electron chi connectivity index (χ1n) is 11.0. The third-order valence-electron chi connectivity index (χ3n) is 5.22. The van der Waals surface area contributed by atoms with Crippen LogP contribution >= 0.6 is 0 Å². The van der Waals surface area contributed by atoms with Crippen LogP contribution in [0.4, 0.5) is 29.2 Å². The number of morpholine rings is 1. The van der Waals surface area contributed by atoms with Crippen molar-refractivity contribution in [3.8, 4) is 0 Å². The minimum atomic E-state index is 0.355. The minimum absolute atomic E-state index is 0.355. The molecule has 1 aliphatic rings. The highest BCUT2D eigenvalue weighted by molar-refractivity contribution is 5.79. The second-order valence-electron chi connectivity index (χ2n) is 7.52. The van der Waals surface area contributed by atoms with Gasteiger partial charge in [0.25, 0.3) is 0 Å². The number of hydrogen-bond donors (Lipinski definition) is 1. The maximum Gasteiger partial charge on any atom is 0.250 e. The Morgan fingerprint density at radius 3 is 2.12 bits per heavy atom. The average Bonchev–Trinajstić information content (AvgIpc) is 2.91. The molecule has 9 heteroatoms. The van der Waals surface area contributed by atoms with Crippen molar-refractivity contribution < 1.29 is 4.74 Å².